The van der Waals surface area contributed by atoms with Crippen LogP contribution >= 0.6 is 0 Å². The molecule has 138 valence electrons. The normalized spacial score (nSPS) is 25.2. The molecule has 0 aromatic carbocycles. The number of nitrogens with one attached hydrogen (secondary N) is 1. The average molecular weight is 339 g/mol. The Balaban J connectivity index is 1.81. The number of hydrogen-bond donors (Lipinski definition) is 2. The highest BCUT2D eigenvalue weighted by Gasteiger charge is 2.28. The second kappa shape index (κ2) is 9.37. The average Bonchev–Trinajstić information content (AvgIpc) is 2.80. The van der Waals surface area contributed by atoms with Gasteiger partial charge in [-0.3, -0.25) is 19.4 Å². The van der Waals surface area contributed by atoms with Gasteiger partial charge in [0.25, 0.3) is 0 Å². The Kier molecular flexibility index (Phi) is 7.49. The molecule has 1 aliphatic heterocycles. The molecule has 2 rings (SSSR count). The topological polar surface area (TPSA) is 72.9 Å². The molecular weight excluding hydrogens is 306 g/mol. The first-order chi connectivity index (χ1) is 11.5. The maximum Gasteiger partial charge on any atom is 0.317 e. The quantitative estimate of drug-likeness (QED) is 0.770. The maximum absolute atomic E-state index is 12.5. The molecular formula is C18H33N3O3. The minimum Gasteiger partial charge on any atom is -0.480 e. The van der Waals surface area contributed by atoms with Gasteiger partial charge in [0.15, 0.2) is 0 Å². The van der Waals surface area contributed by atoms with Crippen molar-refractivity contribution in [2.45, 2.75) is 76.4 Å². The predicted molar refractivity (Wildman–Crippen MR) is 94.0 cm³/mol. The van der Waals surface area contributed by atoms with E-state index in [9.17, 15) is 9.59 Å². The van der Waals surface area contributed by atoms with E-state index in [1.54, 1.807) is 0 Å². The van der Waals surface area contributed by atoms with Gasteiger partial charge < -0.3 is 10.4 Å². The van der Waals surface area contributed by atoms with Gasteiger partial charge in [0, 0.05) is 18.6 Å². The Labute approximate surface area is 145 Å². The first-order valence-corrected chi connectivity index (χ1v) is 9.44. The standard InChI is InChI=1S/C18H33N3O3/c1-14(18(24)19-15-7-4-3-5-8-15)21-11-6-9-16(10-12-21)20(2)13-17(22)23/h14-16H,3-13H2,1-2H3,(H,19,24)(H,22,23). The molecule has 24 heavy (non-hydrogen) atoms. The molecule has 6 nitrogen and oxygen atoms in total. The molecule has 2 fully saturated rings. The Morgan fingerprint density at radius 3 is 2.50 bits per heavy atom. The number of amides is 1. The fourth-order valence-electron chi connectivity index (χ4n) is 4.01. The summed E-state index contributed by atoms with van der Waals surface area (Å²) < 4.78 is 0. The van der Waals surface area contributed by atoms with Crippen molar-refractivity contribution < 1.29 is 14.7 Å². The summed E-state index contributed by atoms with van der Waals surface area (Å²) >= 11 is 0. The lowest BCUT2D eigenvalue weighted by Gasteiger charge is -2.30. The molecule has 2 atom stereocenters. The monoisotopic (exact) mass is 339 g/mol. The molecule has 0 aromatic rings. The van der Waals surface area contributed by atoms with E-state index >= 15 is 0 Å². The van der Waals surface area contributed by atoms with Crippen LogP contribution in [0.1, 0.15) is 58.3 Å². The fraction of sp³-hybridized carbons (Fsp3) is 0.889. The van der Waals surface area contributed by atoms with Gasteiger partial charge in [0.1, 0.15) is 0 Å². The number of carboxylic acids is 1. The van der Waals surface area contributed by atoms with Gasteiger partial charge >= 0.3 is 5.97 Å². The van der Waals surface area contributed by atoms with Gasteiger partial charge in [0.2, 0.25) is 5.91 Å². The Morgan fingerprint density at radius 2 is 1.83 bits per heavy atom. The van der Waals surface area contributed by atoms with Crippen molar-refractivity contribution in [2.24, 2.45) is 0 Å². The number of hydrogen-bond acceptors (Lipinski definition) is 4. The second-order valence-corrected chi connectivity index (χ2v) is 7.45. The van der Waals surface area contributed by atoms with E-state index in [0.29, 0.717) is 12.1 Å². The number of nitrogens with zero attached hydrogens (tertiary/aromatic N) is 2. The molecule has 1 saturated heterocycles. The minimum atomic E-state index is -0.779. The number of likely N-dealkylation sites (N-methyl/N-ethyl adjacent to an activating group) is 1. The van der Waals surface area contributed by atoms with E-state index in [0.717, 1.165) is 45.2 Å². The fourth-order valence-corrected chi connectivity index (χ4v) is 4.01. The van der Waals surface area contributed by atoms with Crippen molar-refractivity contribution in [3.05, 3.63) is 0 Å². The molecule has 1 heterocycles. The summed E-state index contributed by atoms with van der Waals surface area (Å²) in [5.41, 5.74) is 0. The predicted octanol–water partition coefficient (Wildman–Crippen LogP) is 1.69. The van der Waals surface area contributed by atoms with Crippen LogP contribution in [0.5, 0.6) is 0 Å². The Morgan fingerprint density at radius 1 is 1.12 bits per heavy atom. The Hall–Kier alpha value is -1.14. The van der Waals surface area contributed by atoms with Crippen molar-refractivity contribution >= 4 is 11.9 Å². The van der Waals surface area contributed by atoms with E-state index in [1.807, 2.05) is 18.9 Å². The molecule has 1 saturated carbocycles. The van der Waals surface area contributed by atoms with Crippen LogP contribution in [0.25, 0.3) is 0 Å². The highest BCUT2D eigenvalue weighted by molar-refractivity contribution is 5.81. The van der Waals surface area contributed by atoms with E-state index in [2.05, 4.69) is 10.2 Å². The zero-order chi connectivity index (χ0) is 17.5. The molecule has 0 aromatic heterocycles. The van der Waals surface area contributed by atoms with Gasteiger partial charge in [-0.25, -0.2) is 0 Å². The molecule has 6 heteroatoms. The van der Waals surface area contributed by atoms with E-state index in [-0.39, 0.29) is 18.5 Å². The van der Waals surface area contributed by atoms with E-state index < -0.39 is 5.97 Å². The second-order valence-electron chi connectivity index (χ2n) is 7.45. The molecule has 0 spiro atoms. The lowest BCUT2D eigenvalue weighted by molar-refractivity contribution is -0.138. The first kappa shape index (κ1) is 19.2. The van der Waals surface area contributed by atoms with Crippen LogP contribution in [0.2, 0.25) is 0 Å². The van der Waals surface area contributed by atoms with Crippen molar-refractivity contribution in [1.29, 1.82) is 0 Å². The lowest BCUT2D eigenvalue weighted by atomic mass is 9.95. The van der Waals surface area contributed by atoms with Crippen LogP contribution in [0.4, 0.5) is 0 Å². The third-order valence-electron chi connectivity index (χ3n) is 5.62. The molecule has 0 radical (unpaired) electrons. The Bertz CT molecular complexity index is 424. The smallest absolute Gasteiger partial charge is 0.317 e. The van der Waals surface area contributed by atoms with Crippen molar-refractivity contribution in [1.82, 2.24) is 15.1 Å². The number of carbonyl (C=O) groups excluding carboxylic acids is 1. The third-order valence-corrected chi connectivity index (χ3v) is 5.62. The summed E-state index contributed by atoms with van der Waals surface area (Å²) in [6, 6.07) is 0.547. The van der Waals surface area contributed by atoms with Gasteiger partial charge in [-0.15, -0.1) is 0 Å². The van der Waals surface area contributed by atoms with Crippen LogP contribution in [-0.4, -0.2) is 71.6 Å². The highest BCUT2D eigenvalue weighted by atomic mass is 16.4. The number of carbonyl (C=O) groups is 2. The highest BCUT2D eigenvalue weighted by Crippen LogP contribution is 2.19. The summed E-state index contributed by atoms with van der Waals surface area (Å²) in [5, 5.41) is 12.2. The van der Waals surface area contributed by atoms with Crippen LogP contribution in [-0.2, 0) is 9.59 Å². The third kappa shape index (κ3) is 5.74. The molecule has 1 aliphatic carbocycles. The van der Waals surface area contributed by atoms with Crippen LogP contribution < -0.4 is 5.32 Å². The molecule has 2 aliphatic rings. The zero-order valence-electron chi connectivity index (χ0n) is 15.2. The largest absolute Gasteiger partial charge is 0.480 e. The summed E-state index contributed by atoms with van der Waals surface area (Å²) in [6.07, 6.45) is 8.89. The summed E-state index contributed by atoms with van der Waals surface area (Å²) in [6.45, 7) is 3.85. The van der Waals surface area contributed by atoms with Crippen LogP contribution in [0.3, 0.4) is 0 Å². The zero-order valence-corrected chi connectivity index (χ0v) is 15.2. The lowest BCUT2D eigenvalue weighted by Crippen LogP contribution is -2.49. The summed E-state index contributed by atoms with van der Waals surface area (Å²) in [4.78, 5) is 27.6. The van der Waals surface area contributed by atoms with Crippen LogP contribution in [0.15, 0.2) is 0 Å². The SMILES string of the molecule is CC(C(=O)NC1CCCCC1)N1CCCC(N(C)CC(=O)O)CC1. The van der Waals surface area contributed by atoms with E-state index in [4.69, 9.17) is 5.11 Å². The molecule has 0 bridgehead atoms. The van der Waals surface area contributed by atoms with Crippen molar-refractivity contribution in [3.8, 4) is 0 Å². The summed E-state index contributed by atoms with van der Waals surface area (Å²) in [7, 11) is 1.88. The minimum absolute atomic E-state index is 0.0857. The van der Waals surface area contributed by atoms with Gasteiger partial charge in [-0.1, -0.05) is 19.3 Å². The van der Waals surface area contributed by atoms with Gasteiger partial charge in [-0.2, -0.15) is 0 Å². The van der Waals surface area contributed by atoms with Crippen molar-refractivity contribution in [2.75, 3.05) is 26.7 Å². The molecule has 2 N–H and O–H groups in total. The number of likely N-dealkylation sites (tertiary alicyclic amines) is 1. The number of aliphatic carboxylic acids is 1. The first-order valence-electron chi connectivity index (χ1n) is 9.44. The molecule has 1 amide bonds. The van der Waals surface area contributed by atoms with Crippen molar-refractivity contribution in [3.63, 3.8) is 0 Å². The summed E-state index contributed by atoms with van der Waals surface area (Å²) in [5.74, 6) is -0.627. The number of rotatable bonds is 6. The maximum atomic E-state index is 12.5. The van der Waals surface area contributed by atoms with Gasteiger partial charge in [0.05, 0.1) is 12.6 Å². The van der Waals surface area contributed by atoms with E-state index in [1.165, 1.54) is 19.3 Å². The van der Waals surface area contributed by atoms with Crippen LogP contribution in [0, 0.1) is 0 Å². The van der Waals surface area contributed by atoms with Gasteiger partial charge in [-0.05, 0) is 52.6 Å². The molecule has 2 unspecified atom stereocenters. The number of carboxylic acid groups (broad SMARTS) is 1.